The molecular weight excluding hydrogens is 328 g/mol. The molecule has 2 aromatic heterocycles. The van der Waals surface area contributed by atoms with Gasteiger partial charge in [-0.1, -0.05) is 5.16 Å². The lowest BCUT2D eigenvalue weighted by Gasteiger charge is -2.19. The minimum absolute atomic E-state index is 0.0307. The molecule has 0 amide bonds. The van der Waals surface area contributed by atoms with Crippen molar-refractivity contribution in [1.29, 1.82) is 0 Å². The molecule has 0 aliphatic carbocycles. The quantitative estimate of drug-likeness (QED) is 0.854. The summed E-state index contributed by atoms with van der Waals surface area (Å²) >= 11 is 1.03. The SMILES string of the molecule is COC(=O)c1cc(-c2ccc(S(=O)(=O)NC(C)(C)C)s2)on1. The van der Waals surface area contributed by atoms with Gasteiger partial charge in [0, 0.05) is 11.6 Å². The third kappa shape index (κ3) is 3.73. The summed E-state index contributed by atoms with van der Waals surface area (Å²) in [5.74, 6) is -0.309. The van der Waals surface area contributed by atoms with Gasteiger partial charge in [-0.15, -0.1) is 11.3 Å². The molecule has 2 aromatic rings. The van der Waals surface area contributed by atoms with Gasteiger partial charge in [-0.2, -0.15) is 0 Å². The highest BCUT2D eigenvalue weighted by Gasteiger charge is 2.24. The van der Waals surface area contributed by atoms with E-state index in [1.807, 2.05) is 0 Å². The molecule has 0 bridgehead atoms. The number of hydrogen-bond donors (Lipinski definition) is 1. The Hall–Kier alpha value is -1.71. The second-order valence-electron chi connectivity index (χ2n) is 5.54. The number of rotatable bonds is 4. The molecule has 0 spiro atoms. The number of ether oxygens (including phenoxy) is 1. The smallest absolute Gasteiger partial charge is 0.360 e. The molecule has 0 saturated heterocycles. The van der Waals surface area contributed by atoms with Gasteiger partial charge in [-0.25, -0.2) is 17.9 Å². The van der Waals surface area contributed by atoms with Crippen molar-refractivity contribution in [1.82, 2.24) is 9.88 Å². The molecule has 1 N–H and O–H groups in total. The van der Waals surface area contributed by atoms with Crippen LogP contribution in [0.1, 0.15) is 31.3 Å². The van der Waals surface area contributed by atoms with Crippen molar-refractivity contribution in [3.8, 4) is 10.6 Å². The van der Waals surface area contributed by atoms with Crippen molar-refractivity contribution in [3.05, 3.63) is 23.9 Å². The maximum atomic E-state index is 12.2. The normalized spacial score (nSPS) is 12.4. The number of nitrogens with zero attached hydrogens (tertiary/aromatic N) is 1. The van der Waals surface area contributed by atoms with Crippen LogP contribution in [0.5, 0.6) is 0 Å². The van der Waals surface area contributed by atoms with Crippen molar-refractivity contribution < 1.29 is 22.5 Å². The van der Waals surface area contributed by atoms with Crippen LogP contribution >= 0.6 is 11.3 Å². The molecule has 2 rings (SSSR count). The molecule has 0 aromatic carbocycles. The fourth-order valence-corrected chi connectivity index (χ4v) is 4.32. The summed E-state index contributed by atoms with van der Waals surface area (Å²) in [5.41, 5.74) is -0.545. The van der Waals surface area contributed by atoms with Gasteiger partial charge in [0.2, 0.25) is 0 Å². The molecule has 2 heterocycles. The highest BCUT2D eigenvalue weighted by Crippen LogP contribution is 2.31. The fourth-order valence-electron chi connectivity index (χ4n) is 1.64. The Morgan fingerprint density at radius 1 is 1.36 bits per heavy atom. The number of esters is 1. The first-order chi connectivity index (χ1) is 10.1. The van der Waals surface area contributed by atoms with Crippen LogP contribution in [0, 0.1) is 0 Å². The van der Waals surface area contributed by atoms with Gasteiger partial charge in [0.15, 0.2) is 11.5 Å². The Labute approximate surface area is 132 Å². The van der Waals surface area contributed by atoms with Crippen LogP contribution in [0.2, 0.25) is 0 Å². The zero-order valence-corrected chi connectivity index (χ0v) is 14.2. The molecule has 0 aliphatic heterocycles. The van der Waals surface area contributed by atoms with Crippen LogP contribution in [0.15, 0.2) is 26.9 Å². The third-order valence-electron chi connectivity index (χ3n) is 2.43. The largest absolute Gasteiger partial charge is 0.464 e. The number of hydrogen-bond acceptors (Lipinski definition) is 7. The van der Waals surface area contributed by atoms with Crippen LogP contribution in [-0.4, -0.2) is 32.2 Å². The van der Waals surface area contributed by atoms with Gasteiger partial charge in [0.25, 0.3) is 10.0 Å². The summed E-state index contributed by atoms with van der Waals surface area (Å²) in [4.78, 5) is 11.9. The minimum atomic E-state index is -3.60. The van der Waals surface area contributed by atoms with Crippen molar-refractivity contribution in [2.45, 2.75) is 30.5 Å². The van der Waals surface area contributed by atoms with E-state index in [1.54, 1.807) is 26.8 Å². The van der Waals surface area contributed by atoms with E-state index >= 15 is 0 Å². The number of sulfonamides is 1. The van der Waals surface area contributed by atoms with Crippen molar-refractivity contribution in [3.63, 3.8) is 0 Å². The topological polar surface area (TPSA) is 98.5 Å². The summed E-state index contributed by atoms with van der Waals surface area (Å²) in [6, 6.07) is 4.49. The van der Waals surface area contributed by atoms with Crippen molar-refractivity contribution in [2.75, 3.05) is 7.11 Å². The lowest BCUT2D eigenvalue weighted by atomic mass is 10.1. The number of carbonyl (C=O) groups is 1. The monoisotopic (exact) mass is 344 g/mol. The molecule has 7 nitrogen and oxygen atoms in total. The summed E-state index contributed by atoms with van der Waals surface area (Å²) in [7, 11) is -2.36. The predicted octanol–water partition coefficient (Wildman–Crippen LogP) is 2.27. The van der Waals surface area contributed by atoms with E-state index < -0.39 is 21.5 Å². The van der Waals surface area contributed by atoms with E-state index in [2.05, 4.69) is 14.6 Å². The Kier molecular flexibility index (Phi) is 4.41. The maximum absolute atomic E-state index is 12.2. The van der Waals surface area contributed by atoms with Gasteiger partial charge >= 0.3 is 5.97 Å². The Morgan fingerprint density at radius 2 is 2.05 bits per heavy atom. The van der Waals surface area contributed by atoms with Crippen LogP contribution in [0.4, 0.5) is 0 Å². The summed E-state index contributed by atoms with van der Waals surface area (Å²) in [6.45, 7) is 5.29. The second kappa shape index (κ2) is 5.82. The van der Waals surface area contributed by atoms with E-state index in [9.17, 15) is 13.2 Å². The minimum Gasteiger partial charge on any atom is -0.464 e. The Balaban J connectivity index is 2.29. The molecule has 22 heavy (non-hydrogen) atoms. The lowest BCUT2D eigenvalue weighted by molar-refractivity contribution is 0.0589. The molecule has 0 fully saturated rings. The van der Waals surface area contributed by atoms with Gasteiger partial charge in [-0.3, -0.25) is 0 Å². The van der Waals surface area contributed by atoms with Crippen LogP contribution in [0.3, 0.4) is 0 Å². The van der Waals surface area contributed by atoms with E-state index in [0.29, 0.717) is 10.6 Å². The molecule has 0 aliphatic rings. The Morgan fingerprint density at radius 3 is 2.64 bits per heavy atom. The Bertz CT molecular complexity index is 783. The molecule has 0 atom stereocenters. The zero-order valence-electron chi connectivity index (χ0n) is 12.5. The molecular formula is C13H16N2O5S2. The highest BCUT2D eigenvalue weighted by atomic mass is 32.2. The first-order valence-corrected chi connectivity index (χ1v) is 8.61. The molecule has 9 heteroatoms. The van der Waals surface area contributed by atoms with Crippen LogP contribution < -0.4 is 4.72 Å². The van der Waals surface area contributed by atoms with Gasteiger partial charge in [0.1, 0.15) is 4.21 Å². The average molecular weight is 344 g/mol. The van der Waals surface area contributed by atoms with Gasteiger partial charge in [-0.05, 0) is 32.9 Å². The number of aromatic nitrogens is 1. The maximum Gasteiger partial charge on any atom is 0.360 e. The molecule has 0 saturated carbocycles. The second-order valence-corrected chi connectivity index (χ2v) is 8.54. The number of nitrogens with one attached hydrogen (secondary N) is 1. The van der Waals surface area contributed by atoms with E-state index in [1.165, 1.54) is 19.2 Å². The third-order valence-corrected chi connectivity index (χ3v) is 5.78. The molecule has 120 valence electrons. The highest BCUT2D eigenvalue weighted by molar-refractivity contribution is 7.91. The van der Waals surface area contributed by atoms with Gasteiger partial charge < -0.3 is 9.26 Å². The number of carbonyl (C=O) groups excluding carboxylic acids is 1. The van der Waals surface area contributed by atoms with Crippen molar-refractivity contribution >= 4 is 27.3 Å². The first kappa shape index (κ1) is 16.7. The summed E-state index contributed by atoms with van der Waals surface area (Å²) in [5, 5.41) is 3.59. The zero-order chi connectivity index (χ0) is 16.5. The lowest BCUT2D eigenvalue weighted by Crippen LogP contribution is -2.40. The molecule has 0 unspecified atom stereocenters. The predicted molar refractivity (Wildman–Crippen MR) is 81.2 cm³/mol. The summed E-state index contributed by atoms with van der Waals surface area (Å²) < 4.78 is 36.8. The molecule has 0 radical (unpaired) electrons. The standard InChI is InChI=1S/C13H16N2O5S2/c1-13(2,3)15-22(17,18)11-6-5-10(21-11)9-7-8(14-20-9)12(16)19-4/h5-7,15H,1-4H3. The van der Waals surface area contributed by atoms with E-state index in [0.717, 1.165) is 11.3 Å². The summed E-state index contributed by atoms with van der Waals surface area (Å²) in [6.07, 6.45) is 0. The van der Waals surface area contributed by atoms with E-state index in [-0.39, 0.29) is 9.90 Å². The van der Waals surface area contributed by atoms with Gasteiger partial charge in [0.05, 0.1) is 12.0 Å². The first-order valence-electron chi connectivity index (χ1n) is 6.31. The number of methoxy groups -OCH3 is 1. The van der Waals surface area contributed by atoms with Crippen LogP contribution in [-0.2, 0) is 14.8 Å². The number of thiophene rings is 1. The van der Waals surface area contributed by atoms with Crippen molar-refractivity contribution in [2.24, 2.45) is 0 Å². The fraction of sp³-hybridized carbons (Fsp3) is 0.385. The average Bonchev–Trinajstić information content (AvgIpc) is 3.03. The van der Waals surface area contributed by atoms with Crippen LogP contribution in [0.25, 0.3) is 10.6 Å². The van der Waals surface area contributed by atoms with E-state index in [4.69, 9.17) is 4.52 Å².